The molecule has 1 unspecified atom stereocenters. The zero-order chi connectivity index (χ0) is 8.97. The van der Waals surface area contributed by atoms with Crippen LogP contribution in [0.4, 0.5) is 4.79 Å². The predicted octanol–water partition coefficient (Wildman–Crippen LogP) is 0.338. The molecule has 1 rings (SSSR count). The van der Waals surface area contributed by atoms with Crippen molar-refractivity contribution in [2.45, 2.75) is 19.4 Å². The topological polar surface area (TPSA) is 58.2 Å². The van der Waals surface area contributed by atoms with Crippen LogP contribution in [0.3, 0.4) is 0 Å². The van der Waals surface area contributed by atoms with Gasteiger partial charge in [0.1, 0.15) is 6.04 Å². The number of thioether (sulfide) groups is 1. The number of rotatable bonds is 3. The number of hydrogen-bond acceptors (Lipinski definition) is 3. The summed E-state index contributed by atoms with van der Waals surface area (Å²) in [6.45, 7) is 2.66. The van der Waals surface area contributed by atoms with Gasteiger partial charge in [-0.15, -0.1) is 0 Å². The molecule has 4 nitrogen and oxygen atoms in total. The van der Waals surface area contributed by atoms with Gasteiger partial charge in [-0.3, -0.25) is 9.59 Å². The van der Waals surface area contributed by atoms with Crippen LogP contribution < -0.4 is 10.6 Å². The minimum atomic E-state index is -0.325. The maximum atomic E-state index is 11.2. The van der Waals surface area contributed by atoms with Crippen LogP contribution in [0.25, 0.3) is 0 Å². The van der Waals surface area contributed by atoms with E-state index >= 15 is 0 Å². The summed E-state index contributed by atoms with van der Waals surface area (Å²) < 4.78 is 0. The first kappa shape index (κ1) is 9.38. The van der Waals surface area contributed by atoms with Gasteiger partial charge in [-0.2, -0.15) is 0 Å². The van der Waals surface area contributed by atoms with Gasteiger partial charge in [-0.05, 0) is 6.42 Å². The Morgan fingerprint density at radius 1 is 1.83 bits per heavy atom. The highest BCUT2D eigenvalue weighted by molar-refractivity contribution is 8.14. The number of nitrogens with one attached hydrogen (secondary N) is 2. The Kier molecular flexibility index (Phi) is 3.40. The molecule has 0 aliphatic carbocycles. The first-order valence-electron chi connectivity index (χ1n) is 3.95. The molecule has 12 heavy (non-hydrogen) atoms. The third-order valence-corrected chi connectivity index (χ3v) is 2.42. The van der Waals surface area contributed by atoms with Crippen molar-refractivity contribution in [2.75, 3.05) is 12.3 Å². The van der Waals surface area contributed by atoms with Crippen LogP contribution in [0.1, 0.15) is 13.3 Å². The van der Waals surface area contributed by atoms with E-state index < -0.39 is 0 Å². The standard InChI is InChI=1S/C7H12N2O2S/c1-2-3-8-6(10)5-4-12-7(11)9-5/h5H,2-4H2,1H3,(H,8,10)(H,9,11). The molecule has 1 aliphatic rings. The minimum absolute atomic E-state index is 0.0739. The maximum Gasteiger partial charge on any atom is 0.279 e. The Morgan fingerprint density at radius 2 is 2.58 bits per heavy atom. The first-order valence-corrected chi connectivity index (χ1v) is 4.93. The summed E-state index contributed by atoms with van der Waals surface area (Å²) in [4.78, 5) is 21.9. The molecular weight excluding hydrogens is 176 g/mol. The van der Waals surface area contributed by atoms with Crippen molar-refractivity contribution in [1.29, 1.82) is 0 Å². The molecule has 0 aromatic heterocycles. The lowest BCUT2D eigenvalue weighted by Gasteiger charge is -2.08. The SMILES string of the molecule is CCCNC(=O)C1CSC(=O)N1. The summed E-state index contributed by atoms with van der Waals surface area (Å²) in [7, 11) is 0. The Hall–Kier alpha value is -0.710. The lowest BCUT2D eigenvalue weighted by Crippen LogP contribution is -2.43. The summed E-state index contributed by atoms with van der Waals surface area (Å²) in [5, 5.41) is 5.20. The zero-order valence-corrected chi connectivity index (χ0v) is 7.74. The fourth-order valence-corrected chi connectivity index (χ4v) is 1.68. The summed E-state index contributed by atoms with van der Waals surface area (Å²) >= 11 is 1.16. The number of carbonyl (C=O) groups is 2. The molecule has 2 amide bonds. The Bertz CT molecular complexity index is 196. The molecule has 5 heteroatoms. The average molecular weight is 188 g/mol. The van der Waals surface area contributed by atoms with Crippen molar-refractivity contribution in [3.8, 4) is 0 Å². The van der Waals surface area contributed by atoms with E-state index in [9.17, 15) is 9.59 Å². The van der Waals surface area contributed by atoms with Crippen LogP contribution in [0.15, 0.2) is 0 Å². The van der Waals surface area contributed by atoms with E-state index in [1.807, 2.05) is 6.92 Å². The van der Waals surface area contributed by atoms with Crippen LogP contribution in [0, 0.1) is 0 Å². The lowest BCUT2D eigenvalue weighted by atomic mass is 10.3. The van der Waals surface area contributed by atoms with Gasteiger partial charge >= 0.3 is 0 Å². The van der Waals surface area contributed by atoms with Gasteiger partial charge in [0, 0.05) is 12.3 Å². The summed E-state index contributed by atoms with van der Waals surface area (Å²) in [5.74, 6) is 0.476. The molecular formula is C7H12N2O2S. The van der Waals surface area contributed by atoms with Crippen LogP contribution >= 0.6 is 11.8 Å². The second-order valence-corrected chi connectivity index (χ2v) is 3.58. The van der Waals surface area contributed by atoms with Crippen molar-refractivity contribution >= 4 is 22.9 Å². The highest BCUT2D eigenvalue weighted by atomic mass is 32.2. The van der Waals surface area contributed by atoms with Gasteiger partial charge in [0.25, 0.3) is 5.24 Å². The molecule has 0 radical (unpaired) electrons. The zero-order valence-electron chi connectivity index (χ0n) is 6.92. The second kappa shape index (κ2) is 4.35. The van der Waals surface area contributed by atoms with Crippen molar-refractivity contribution in [1.82, 2.24) is 10.6 Å². The average Bonchev–Trinajstić information content (AvgIpc) is 2.47. The second-order valence-electron chi connectivity index (χ2n) is 2.59. The minimum Gasteiger partial charge on any atom is -0.354 e. The third kappa shape index (κ3) is 2.41. The molecule has 0 bridgehead atoms. The van der Waals surface area contributed by atoms with Gasteiger partial charge in [0.15, 0.2) is 0 Å². The van der Waals surface area contributed by atoms with Gasteiger partial charge in [-0.25, -0.2) is 0 Å². The molecule has 1 saturated heterocycles. The molecule has 0 spiro atoms. The van der Waals surface area contributed by atoms with Crippen molar-refractivity contribution in [3.63, 3.8) is 0 Å². The van der Waals surface area contributed by atoms with Gasteiger partial charge < -0.3 is 10.6 Å². The summed E-state index contributed by atoms with van der Waals surface area (Å²) in [6.07, 6.45) is 0.916. The lowest BCUT2D eigenvalue weighted by molar-refractivity contribution is -0.122. The molecule has 2 N–H and O–H groups in total. The quantitative estimate of drug-likeness (QED) is 0.671. The highest BCUT2D eigenvalue weighted by Crippen LogP contribution is 2.12. The Balaban J connectivity index is 2.28. The fourth-order valence-electron chi connectivity index (χ4n) is 0.897. The molecule has 1 atom stereocenters. The number of amides is 2. The van der Waals surface area contributed by atoms with E-state index in [1.54, 1.807) is 0 Å². The molecule has 1 fully saturated rings. The predicted molar refractivity (Wildman–Crippen MR) is 48.1 cm³/mol. The largest absolute Gasteiger partial charge is 0.354 e. The smallest absolute Gasteiger partial charge is 0.279 e. The first-order chi connectivity index (χ1) is 5.74. The molecule has 0 aromatic carbocycles. The van der Waals surface area contributed by atoms with E-state index in [1.165, 1.54) is 0 Å². The van der Waals surface area contributed by atoms with Crippen LogP contribution in [-0.2, 0) is 4.79 Å². The molecule has 68 valence electrons. The van der Waals surface area contributed by atoms with Gasteiger partial charge in [0.2, 0.25) is 5.91 Å². The molecule has 1 heterocycles. The Morgan fingerprint density at radius 3 is 3.08 bits per heavy atom. The van der Waals surface area contributed by atoms with Crippen molar-refractivity contribution < 1.29 is 9.59 Å². The van der Waals surface area contributed by atoms with E-state index in [0.29, 0.717) is 12.3 Å². The van der Waals surface area contributed by atoms with Crippen molar-refractivity contribution in [3.05, 3.63) is 0 Å². The normalized spacial score (nSPS) is 22.1. The fraction of sp³-hybridized carbons (Fsp3) is 0.714. The number of carbonyl (C=O) groups excluding carboxylic acids is 2. The molecule has 1 aliphatic heterocycles. The van der Waals surface area contributed by atoms with Crippen LogP contribution in [-0.4, -0.2) is 29.5 Å². The van der Waals surface area contributed by atoms with Gasteiger partial charge in [-0.1, -0.05) is 18.7 Å². The van der Waals surface area contributed by atoms with E-state index in [2.05, 4.69) is 10.6 Å². The van der Waals surface area contributed by atoms with Gasteiger partial charge in [0.05, 0.1) is 0 Å². The highest BCUT2D eigenvalue weighted by Gasteiger charge is 2.27. The van der Waals surface area contributed by atoms with Crippen molar-refractivity contribution in [2.24, 2.45) is 0 Å². The van der Waals surface area contributed by atoms with E-state index in [4.69, 9.17) is 0 Å². The number of hydrogen-bond donors (Lipinski definition) is 2. The molecule has 0 saturated carbocycles. The van der Waals surface area contributed by atoms with Crippen LogP contribution in [0.2, 0.25) is 0 Å². The third-order valence-electron chi connectivity index (χ3n) is 1.54. The maximum absolute atomic E-state index is 11.2. The van der Waals surface area contributed by atoms with E-state index in [-0.39, 0.29) is 17.2 Å². The van der Waals surface area contributed by atoms with E-state index in [0.717, 1.165) is 18.2 Å². The monoisotopic (exact) mass is 188 g/mol. The Labute approximate surface area is 75.5 Å². The van der Waals surface area contributed by atoms with Crippen LogP contribution in [0.5, 0.6) is 0 Å². The summed E-state index contributed by atoms with van der Waals surface area (Å²) in [6, 6.07) is -0.325. The summed E-state index contributed by atoms with van der Waals surface area (Å²) in [5.41, 5.74) is 0. The molecule has 0 aromatic rings.